The van der Waals surface area contributed by atoms with Crippen LogP contribution >= 0.6 is 31.9 Å². The van der Waals surface area contributed by atoms with Gasteiger partial charge in [0.25, 0.3) is 0 Å². The lowest BCUT2D eigenvalue weighted by Crippen LogP contribution is -1.89. The van der Waals surface area contributed by atoms with E-state index in [-0.39, 0.29) is 3.23 Å². The molecule has 0 aromatic rings. The first-order valence-corrected chi connectivity index (χ1v) is 6.40. The van der Waals surface area contributed by atoms with Crippen LogP contribution in [0.4, 0.5) is 0 Å². The van der Waals surface area contributed by atoms with Crippen molar-refractivity contribution in [3.8, 4) is 0 Å². The highest BCUT2D eigenvalue weighted by atomic mass is 79.9. The second kappa shape index (κ2) is 3.45. The molecule has 1 unspecified atom stereocenters. The van der Waals surface area contributed by atoms with Crippen molar-refractivity contribution < 1.29 is 0 Å². The molecule has 1 saturated carbocycles. The van der Waals surface area contributed by atoms with Crippen molar-refractivity contribution in [1.82, 2.24) is 0 Å². The van der Waals surface area contributed by atoms with Gasteiger partial charge in [0.1, 0.15) is 3.23 Å². The zero-order valence-corrected chi connectivity index (χ0v) is 10.3. The van der Waals surface area contributed by atoms with Gasteiger partial charge in [-0.15, -0.1) is 0 Å². The average Bonchev–Trinajstić information content (AvgIpc) is 2.56. The maximum atomic E-state index is 3.72. The first kappa shape index (κ1) is 9.26. The summed E-state index contributed by atoms with van der Waals surface area (Å²) in [5.74, 6) is 0.788. The Balaban J connectivity index is 2.05. The Bertz CT molecular complexity index is 206. The van der Waals surface area contributed by atoms with Gasteiger partial charge in [-0.05, 0) is 24.8 Å². The van der Waals surface area contributed by atoms with Crippen molar-refractivity contribution in [2.75, 3.05) is 0 Å². The highest BCUT2D eigenvalue weighted by Crippen LogP contribution is 2.63. The maximum Gasteiger partial charge on any atom is 0.108 e. The van der Waals surface area contributed by atoms with Crippen molar-refractivity contribution in [2.45, 2.75) is 41.8 Å². The van der Waals surface area contributed by atoms with E-state index in [0.717, 1.165) is 5.92 Å². The van der Waals surface area contributed by atoms with E-state index in [1.807, 2.05) is 0 Å². The molecule has 1 fully saturated rings. The monoisotopic (exact) mass is 292 g/mol. The predicted octanol–water partition coefficient (Wildman–Crippen LogP) is 4.38. The molecule has 0 N–H and O–H groups in total. The molecule has 0 amide bonds. The molecular weight excluding hydrogens is 280 g/mol. The number of allylic oxidation sites excluding steroid dienone is 2. The standard InChI is InChI=1S/C10H14Br2/c11-10(12)8-6-4-2-1-3-5-7-9(8)10/h6,9H,1-5,7H2/b8-6+. The van der Waals surface area contributed by atoms with Crippen LogP contribution in [-0.4, -0.2) is 3.23 Å². The molecule has 0 heterocycles. The molecule has 2 aliphatic rings. The third kappa shape index (κ3) is 1.65. The van der Waals surface area contributed by atoms with Gasteiger partial charge in [-0.1, -0.05) is 57.2 Å². The number of fused-ring (bicyclic) bond motifs is 1. The largest absolute Gasteiger partial charge is 0.108 e. The van der Waals surface area contributed by atoms with Crippen LogP contribution in [-0.2, 0) is 0 Å². The molecule has 2 heteroatoms. The van der Waals surface area contributed by atoms with E-state index < -0.39 is 0 Å². The molecule has 12 heavy (non-hydrogen) atoms. The van der Waals surface area contributed by atoms with Crippen molar-refractivity contribution in [2.24, 2.45) is 5.92 Å². The molecule has 0 bridgehead atoms. The summed E-state index contributed by atoms with van der Waals surface area (Å²) in [5, 5.41) is 0. The number of hydrogen-bond acceptors (Lipinski definition) is 0. The lowest BCUT2D eigenvalue weighted by Gasteiger charge is -1.99. The summed E-state index contributed by atoms with van der Waals surface area (Å²) >= 11 is 7.45. The third-order valence-electron chi connectivity index (χ3n) is 2.93. The number of halogens is 2. The highest BCUT2D eigenvalue weighted by Gasteiger charge is 2.55. The van der Waals surface area contributed by atoms with E-state index in [1.165, 1.54) is 38.5 Å². The molecule has 1 atom stereocenters. The molecule has 2 rings (SSSR count). The molecule has 0 aromatic carbocycles. The summed E-state index contributed by atoms with van der Waals surface area (Å²) < 4.78 is 0.206. The Morgan fingerprint density at radius 2 is 1.92 bits per heavy atom. The second-order valence-electron chi connectivity index (χ2n) is 3.83. The normalized spacial score (nSPS) is 38.2. The molecule has 0 nitrogen and oxygen atoms in total. The molecule has 2 aliphatic carbocycles. The van der Waals surface area contributed by atoms with Crippen LogP contribution in [0.1, 0.15) is 38.5 Å². The Morgan fingerprint density at radius 3 is 2.75 bits per heavy atom. The minimum absolute atomic E-state index is 0.206. The van der Waals surface area contributed by atoms with Crippen LogP contribution in [0.25, 0.3) is 0 Å². The SMILES string of the molecule is BrC1(Br)/C2=C/CCCCCCC21. The lowest BCUT2D eigenvalue weighted by molar-refractivity contribution is 0.601. The summed E-state index contributed by atoms with van der Waals surface area (Å²) in [5.41, 5.74) is 1.60. The quantitative estimate of drug-likeness (QED) is 0.459. The van der Waals surface area contributed by atoms with Gasteiger partial charge in [-0.25, -0.2) is 0 Å². The number of rotatable bonds is 0. The highest BCUT2D eigenvalue weighted by molar-refractivity contribution is 9.25. The molecular formula is C10H14Br2. The Kier molecular flexibility index (Phi) is 2.66. The number of hydrogen-bond donors (Lipinski definition) is 0. The summed E-state index contributed by atoms with van der Waals surface area (Å²) in [6.45, 7) is 0. The van der Waals surface area contributed by atoms with E-state index in [2.05, 4.69) is 37.9 Å². The van der Waals surface area contributed by atoms with Gasteiger partial charge < -0.3 is 0 Å². The van der Waals surface area contributed by atoms with Gasteiger partial charge in [0.15, 0.2) is 0 Å². The zero-order chi connectivity index (χ0) is 8.60. The lowest BCUT2D eigenvalue weighted by atomic mass is 10.1. The van der Waals surface area contributed by atoms with E-state index in [9.17, 15) is 0 Å². The second-order valence-corrected chi connectivity index (χ2v) is 7.39. The Labute approximate surface area is 91.1 Å². The van der Waals surface area contributed by atoms with Gasteiger partial charge in [-0.3, -0.25) is 0 Å². The summed E-state index contributed by atoms with van der Waals surface area (Å²) in [4.78, 5) is 0. The van der Waals surface area contributed by atoms with Crippen molar-refractivity contribution >= 4 is 31.9 Å². The minimum Gasteiger partial charge on any atom is -0.0827 e. The van der Waals surface area contributed by atoms with E-state index in [0.29, 0.717) is 0 Å². The van der Waals surface area contributed by atoms with Crippen LogP contribution in [0.15, 0.2) is 11.6 Å². The van der Waals surface area contributed by atoms with Gasteiger partial charge in [-0.2, -0.15) is 0 Å². The van der Waals surface area contributed by atoms with Crippen LogP contribution in [0.5, 0.6) is 0 Å². The maximum absolute atomic E-state index is 3.72. The molecule has 0 aliphatic heterocycles. The minimum atomic E-state index is 0.206. The van der Waals surface area contributed by atoms with E-state index in [1.54, 1.807) is 5.57 Å². The van der Waals surface area contributed by atoms with Crippen LogP contribution < -0.4 is 0 Å². The Hall–Kier alpha value is 0.700. The van der Waals surface area contributed by atoms with E-state index in [4.69, 9.17) is 0 Å². The van der Waals surface area contributed by atoms with Crippen molar-refractivity contribution in [3.05, 3.63) is 11.6 Å². The average molecular weight is 294 g/mol. The summed E-state index contributed by atoms with van der Waals surface area (Å²) in [7, 11) is 0. The van der Waals surface area contributed by atoms with Crippen molar-refractivity contribution in [1.29, 1.82) is 0 Å². The van der Waals surface area contributed by atoms with Gasteiger partial charge >= 0.3 is 0 Å². The Morgan fingerprint density at radius 1 is 1.17 bits per heavy atom. The first-order chi connectivity index (χ1) is 5.73. The van der Waals surface area contributed by atoms with Gasteiger partial charge in [0, 0.05) is 5.92 Å². The molecule has 0 spiro atoms. The van der Waals surface area contributed by atoms with Crippen molar-refractivity contribution in [3.63, 3.8) is 0 Å². The fourth-order valence-corrected chi connectivity index (χ4v) is 3.67. The van der Waals surface area contributed by atoms with E-state index >= 15 is 0 Å². The molecule has 0 radical (unpaired) electrons. The topological polar surface area (TPSA) is 0 Å². The number of alkyl halides is 2. The summed E-state index contributed by atoms with van der Waals surface area (Å²) in [6, 6.07) is 0. The predicted molar refractivity (Wildman–Crippen MR) is 59.9 cm³/mol. The summed E-state index contributed by atoms with van der Waals surface area (Å²) in [6.07, 6.45) is 10.7. The fourth-order valence-electron chi connectivity index (χ4n) is 2.07. The van der Waals surface area contributed by atoms with Crippen LogP contribution in [0, 0.1) is 5.92 Å². The van der Waals surface area contributed by atoms with Gasteiger partial charge in [0.05, 0.1) is 0 Å². The van der Waals surface area contributed by atoms with Crippen LogP contribution in [0.3, 0.4) is 0 Å². The zero-order valence-electron chi connectivity index (χ0n) is 7.15. The fraction of sp³-hybridized carbons (Fsp3) is 0.800. The van der Waals surface area contributed by atoms with Gasteiger partial charge in [0.2, 0.25) is 0 Å². The molecule has 68 valence electrons. The smallest absolute Gasteiger partial charge is 0.0827 e. The molecule has 0 aromatic heterocycles. The van der Waals surface area contributed by atoms with Crippen LogP contribution in [0.2, 0.25) is 0 Å². The molecule has 0 saturated heterocycles. The first-order valence-electron chi connectivity index (χ1n) is 4.81. The third-order valence-corrected chi connectivity index (χ3v) is 4.95.